The molecule has 3 aliphatic rings. The van der Waals surface area contributed by atoms with Crippen molar-refractivity contribution in [1.29, 1.82) is 0 Å². The van der Waals surface area contributed by atoms with Crippen molar-refractivity contribution in [2.24, 2.45) is 11.3 Å². The lowest BCUT2D eigenvalue weighted by atomic mass is 9.73. The van der Waals surface area contributed by atoms with Crippen molar-refractivity contribution in [3.63, 3.8) is 0 Å². The summed E-state index contributed by atoms with van der Waals surface area (Å²) in [5, 5.41) is 0. The smallest absolute Gasteiger partial charge is 0.281 e. The van der Waals surface area contributed by atoms with E-state index in [0.717, 1.165) is 38.6 Å². The molecule has 1 amide bonds. The Balaban J connectivity index is 1.61. The SMILES string of the molecule is COCC1CCCN(S(=O)(=O)N2CCC3(CCC(=O)N(C)C3)CC2)C1. The van der Waals surface area contributed by atoms with Gasteiger partial charge in [0.2, 0.25) is 5.91 Å². The molecule has 1 unspecified atom stereocenters. The number of amides is 1. The largest absolute Gasteiger partial charge is 0.384 e. The average Bonchev–Trinajstić information content (AvgIpc) is 2.60. The van der Waals surface area contributed by atoms with E-state index in [9.17, 15) is 13.2 Å². The van der Waals surface area contributed by atoms with E-state index in [2.05, 4.69) is 0 Å². The van der Waals surface area contributed by atoms with Gasteiger partial charge in [0.1, 0.15) is 0 Å². The van der Waals surface area contributed by atoms with Crippen molar-refractivity contribution in [2.75, 3.05) is 53.5 Å². The lowest BCUT2D eigenvalue weighted by Gasteiger charge is -2.47. The van der Waals surface area contributed by atoms with E-state index in [4.69, 9.17) is 4.74 Å². The third-order valence-electron chi connectivity index (χ3n) is 6.19. The minimum absolute atomic E-state index is 0.106. The Morgan fingerprint density at radius 2 is 1.88 bits per heavy atom. The zero-order valence-electron chi connectivity index (χ0n) is 15.4. The topological polar surface area (TPSA) is 70.2 Å². The maximum absolute atomic E-state index is 13.0. The Morgan fingerprint density at radius 3 is 2.52 bits per heavy atom. The summed E-state index contributed by atoms with van der Waals surface area (Å²) in [7, 11) is 0.142. The van der Waals surface area contributed by atoms with Crippen LogP contribution in [-0.2, 0) is 19.7 Å². The highest BCUT2D eigenvalue weighted by atomic mass is 32.2. The first-order chi connectivity index (χ1) is 11.9. The highest BCUT2D eigenvalue weighted by Gasteiger charge is 2.43. The van der Waals surface area contributed by atoms with Gasteiger partial charge in [-0.15, -0.1) is 0 Å². The number of carbonyl (C=O) groups is 1. The molecule has 0 bridgehead atoms. The fourth-order valence-electron chi connectivity index (χ4n) is 4.60. The van der Waals surface area contributed by atoms with E-state index in [1.807, 2.05) is 11.9 Å². The van der Waals surface area contributed by atoms with E-state index < -0.39 is 10.2 Å². The first kappa shape index (κ1) is 19.1. The third-order valence-corrected chi connectivity index (χ3v) is 8.19. The molecule has 8 heteroatoms. The summed E-state index contributed by atoms with van der Waals surface area (Å²) in [6.07, 6.45) is 5.11. The molecule has 0 aromatic carbocycles. The zero-order chi connectivity index (χ0) is 18.1. The van der Waals surface area contributed by atoms with E-state index in [1.54, 1.807) is 15.7 Å². The fourth-order valence-corrected chi connectivity index (χ4v) is 6.33. The van der Waals surface area contributed by atoms with Crippen molar-refractivity contribution < 1.29 is 17.9 Å². The molecule has 144 valence electrons. The zero-order valence-corrected chi connectivity index (χ0v) is 16.3. The quantitative estimate of drug-likeness (QED) is 0.735. The van der Waals surface area contributed by atoms with Gasteiger partial charge in [0.25, 0.3) is 10.2 Å². The van der Waals surface area contributed by atoms with Gasteiger partial charge in [0, 0.05) is 53.3 Å². The Bertz CT molecular complexity index is 585. The predicted molar refractivity (Wildman–Crippen MR) is 95.2 cm³/mol. The molecule has 1 atom stereocenters. The van der Waals surface area contributed by atoms with Crippen molar-refractivity contribution >= 4 is 16.1 Å². The van der Waals surface area contributed by atoms with E-state index >= 15 is 0 Å². The van der Waals surface area contributed by atoms with Crippen molar-refractivity contribution in [3.8, 4) is 0 Å². The minimum atomic E-state index is -3.39. The number of carbonyl (C=O) groups excluding carboxylic acids is 1. The molecule has 0 aromatic rings. The second-order valence-electron chi connectivity index (χ2n) is 7.98. The molecule has 0 aromatic heterocycles. The van der Waals surface area contributed by atoms with Crippen LogP contribution in [0.5, 0.6) is 0 Å². The molecule has 3 fully saturated rings. The van der Waals surface area contributed by atoms with Gasteiger partial charge < -0.3 is 9.64 Å². The lowest BCUT2D eigenvalue weighted by Crippen LogP contribution is -2.54. The first-order valence-electron chi connectivity index (χ1n) is 9.34. The van der Waals surface area contributed by atoms with Crippen LogP contribution in [0.3, 0.4) is 0 Å². The van der Waals surface area contributed by atoms with Crippen LogP contribution in [0, 0.1) is 11.3 Å². The van der Waals surface area contributed by atoms with Crippen molar-refractivity contribution in [2.45, 2.75) is 38.5 Å². The molecular weight excluding hydrogens is 342 g/mol. The van der Waals surface area contributed by atoms with Crippen LogP contribution >= 0.6 is 0 Å². The molecule has 0 N–H and O–H groups in total. The number of methoxy groups -OCH3 is 1. The Labute approximate surface area is 151 Å². The molecule has 3 aliphatic heterocycles. The highest BCUT2D eigenvalue weighted by Crippen LogP contribution is 2.40. The van der Waals surface area contributed by atoms with Crippen LogP contribution < -0.4 is 0 Å². The van der Waals surface area contributed by atoms with Crippen LogP contribution in [0.25, 0.3) is 0 Å². The minimum Gasteiger partial charge on any atom is -0.384 e. The number of rotatable bonds is 4. The third kappa shape index (κ3) is 4.02. The number of hydrogen-bond acceptors (Lipinski definition) is 4. The van der Waals surface area contributed by atoms with Gasteiger partial charge in [-0.3, -0.25) is 4.79 Å². The molecular formula is C17H31N3O4S. The average molecular weight is 374 g/mol. The van der Waals surface area contributed by atoms with E-state index in [1.165, 1.54) is 0 Å². The number of piperidine rings is 3. The molecule has 1 spiro atoms. The molecule has 25 heavy (non-hydrogen) atoms. The van der Waals surface area contributed by atoms with Gasteiger partial charge >= 0.3 is 0 Å². The first-order valence-corrected chi connectivity index (χ1v) is 10.7. The molecule has 0 radical (unpaired) electrons. The van der Waals surface area contributed by atoms with Gasteiger partial charge in [-0.05, 0) is 43.4 Å². The highest BCUT2D eigenvalue weighted by molar-refractivity contribution is 7.86. The number of hydrogen-bond donors (Lipinski definition) is 0. The van der Waals surface area contributed by atoms with Crippen LogP contribution in [0.2, 0.25) is 0 Å². The van der Waals surface area contributed by atoms with Gasteiger partial charge in [-0.1, -0.05) is 0 Å². The predicted octanol–water partition coefficient (Wildman–Crippen LogP) is 0.924. The molecule has 3 heterocycles. The number of ether oxygens (including phenoxy) is 1. The summed E-state index contributed by atoms with van der Waals surface area (Å²) >= 11 is 0. The van der Waals surface area contributed by atoms with Gasteiger partial charge in [0.15, 0.2) is 0 Å². The Morgan fingerprint density at radius 1 is 1.16 bits per heavy atom. The maximum atomic E-state index is 13.0. The van der Waals surface area contributed by atoms with Gasteiger partial charge in [0.05, 0.1) is 6.61 Å². The summed E-state index contributed by atoms with van der Waals surface area (Å²) in [4.78, 5) is 13.6. The summed E-state index contributed by atoms with van der Waals surface area (Å²) in [6, 6.07) is 0. The molecule has 3 saturated heterocycles. The summed E-state index contributed by atoms with van der Waals surface area (Å²) in [5.74, 6) is 0.501. The Hall–Kier alpha value is -0.700. The summed E-state index contributed by atoms with van der Waals surface area (Å²) < 4.78 is 34.6. The van der Waals surface area contributed by atoms with Crippen molar-refractivity contribution in [1.82, 2.24) is 13.5 Å². The molecule has 7 nitrogen and oxygen atoms in total. The van der Waals surface area contributed by atoms with Crippen LogP contribution in [0.15, 0.2) is 0 Å². The number of nitrogens with zero attached hydrogens (tertiary/aromatic N) is 3. The normalized spacial score (nSPS) is 29.3. The second kappa shape index (κ2) is 7.50. The maximum Gasteiger partial charge on any atom is 0.281 e. The second-order valence-corrected chi connectivity index (χ2v) is 9.91. The van der Waals surface area contributed by atoms with Crippen LogP contribution in [-0.4, -0.2) is 81.3 Å². The number of likely N-dealkylation sites (tertiary alicyclic amines) is 1. The Kier molecular flexibility index (Phi) is 5.72. The fraction of sp³-hybridized carbons (Fsp3) is 0.941. The molecule has 0 aliphatic carbocycles. The van der Waals surface area contributed by atoms with Gasteiger partial charge in [-0.2, -0.15) is 17.0 Å². The monoisotopic (exact) mass is 373 g/mol. The van der Waals surface area contributed by atoms with Crippen LogP contribution in [0.1, 0.15) is 38.5 Å². The van der Waals surface area contributed by atoms with E-state index in [-0.39, 0.29) is 11.3 Å². The van der Waals surface area contributed by atoms with Crippen LogP contribution in [0.4, 0.5) is 0 Å². The van der Waals surface area contributed by atoms with E-state index in [0.29, 0.717) is 45.1 Å². The lowest BCUT2D eigenvalue weighted by molar-refractivity contribution is -0.136. The van der Waals surface area contributed by atoms with Crippen molar-refractivity contribution in [3.05, 3.63) is 0 Å². The standard InChI is InChI=1S/C17H31N3O4S/c1-18-14-17(6-5-16(18)21)7-10-19(11-8-17)25(22,23)20-9-3-4-15(12-20)13-24-2/h15H,3-14H2,1-2H3. The van der Waals surface area contributed by atoms with Gasteiger partial charge in [-0.25, -0.2) is 0 Å². The molecule has 0 saturated carbocycles. The summed E-state index contributed by atoms with van der Waals surface area (Å²) in [5.41, 5.74) is 0.106. The molecule has 3 rings (SSSR count). The summed E-state index contributed by atoms with van der Waals surface area (Å²) in [6.45, 7) is 3.69.